The van der Waals surface area contributed by atoms with Gasteiger partial charge in [0.1, 0.15) is 5.60 Å². The van der Waals surface area contributed by atoms with E-state index in [2.05, 4.69) is 19.2 Å². The van der Waals surface area contributed by atoms with Crippen molar-refractivity contribution in [3.05, 3.63) is 0 Å². The summed E-state index contributed by atoms with van der Waals surface area (Å²) >= 11 is 0. The second kappa shape index (κ2) is 7.87. The first-order chi connectivity index (χ1) is 10.8. The molecule has 1 aliphatic carbocycles. The predicted molar refractivity (Wildman–Crippen MR) is 94.5 cm³/mol. The van der Waals surface area contributed by atoms with Crippen LogP contribution >= 0.6 is 0 Å². The van der Waals surface area contributed by atoms with Crippen LogP contribution in [0.2, 0.25) is 0 Å². The summed E-state index contributed by atoms with van der Waals surface area (Å²) in [6, 6.07) is 0.879. The van der Waals surface area contributed by atoms with Crippen LogP contribution in [0.4, 0.5) is 4.79 Å². The Hall–Kier alpha value is -0.770. The van der Waals surface area contributed by atoms with E-state index >= 15 is 0 Å². The predicted octanol–water partition coefficient (Wildman–Crippen LogP) is 4.19. The van der Waals surface area contributed by atoms with E-state index in [4.69, 9.17) is 4.74 Å². The van der Waals surface area contributed by atoms with Gasteiger partial charge in [-0.3, -0.25) is 0 Å². The molecule has 23 heavy (non-hydrogen) atoms. The molecule has 4 atom stereocenters. The van der Waals surface area contributed by atoms with Gasteiger partial charge in [0.15, 0.2) is 0 Å². The highest BCUT2D eigenvalue weighted by Crippen LogP contribution is 2.30. The molecule has 0 bridgehead atoms. The number of nitrogens with zero attached hydrogens (tertiary/aromatic N) is 1. The zero-order chi connectivity index (χ0) is 17.0. The Balaban J connectivity index is 1.89. The average Bonchev–Trinajstić information content (AvgIpc) is 2.47. The summed E-state index contributed by atoms with van der Waals surface area (Å²) in [5, 5.41) is 3.77. The third-order valence-electron chi connectivity index (χ3n) is 5.58. The Labute approximate surface area is 142 Å². The lowest BCUT2D eigenvalue weighted by Gasteiger charge is -2.40. The van der Waals surface area contributed by atoms with Gasteiger partial charge in [0.25, 0.3) is 0 Å². The van der Waals surface area contributed by atoms with Crippen molar-refractivity contribution in [2.24, 2.45) is 11.8 Å². The molecule has 4 heteroatoms. The average molecular weight is 325 g/mol. The number of hydrogen-bond acceptors (Lipinski definition) is 3. The second-order valence-electron chi connectivity index (χ2n) is 8.61. The SMILES string of the molecule is CC1CCCC(NCC2CCCCN2C(=O)OC(C)(C)C)C1C. The first-order valence-electron chi connectivity index (χ1n) is 9.51. The number of carbonyl (C=O) groups excluding carboxylic acids is 1. The third-order valence-corrected chi connectivity index (χ3v) is 5.58. The molecule has 2 rings (SSSR count). The molecule has 1 heterocycles. The molecule has 0 spiro atoms. The highest BCUT2D eigenvalue weighted by Gasteiger charge is 2.32. The van der Waals surface area contributed by atoms with E-state index in [0.717, 1.165) is 37.8 Å². The topological polar surface area (TPSA) is 41.6 Å². The molecule has 4 unspecified atom stereocenters. The fraction of sp³-hybridized carbons (Fsp3) is 0.947. The van der Waals surface area contributed by atoms with E-state index in [1.807, 2.05) is 25.7 Å². The van der Waals surface area contributed by atoms with Crippen molar-refractivity contribution in [3.63, 3.8) is 0 Å². The molecule has 1 saturated carbocycles. The van der Waals surface area contributed by atoms with E-state index in [9.17, 15) is 4.79 Å². The zero-order valence-corrected chi connectivity index (χ0v) is 15.7. The highest BCUT2D eigenvalue weighted by atomic mass is 16.6. The summed E-state index contributed by atoms with van der Waals surface area (Å²) in [6.45, 7) is 12.3. The van der Waals surface area contributed by atoms with Crippen molar-refractivity contribution in [1.29, 1.82) is 0 Å². The van der Waals surface area contributed by atoms with Crippen LogP contribution in [0.15, 0.2) is 0 Å². The van der Waals surface area contributed by atoms with Gasteiger partial charge in [-0.2, -0.15) is 0 Å². The second-order valence-corrected chi connectivity index (χ2v) is 8.61. The Bertz CT molecular complexity index is 391. The third kappa shape index (κ3) is 5.37. The van der Waals surface area contributed by atoms with Crippen LogP contribution in [0.3, 0.4) is 0 Å². The first-order valence-corrected chi connectivity index (χ1v) is 9.51. The summed E-state index contributed by atoms with van der Waals surface area (Å²) < 4.78 is 5.60. The molecule has 0 aromatic carbocycles. The van der Waals surface area contributed by atoms with Crippen molar-refractivity contribution in [2.75, 3.05) is 13.1 Å². The smallest absolute Gasteiger partial charge is 0.410 e. The number of amides is 1. The van der Waals surface area contributed by atoms with Gasteiger partial charge < -0.3 is 15.0 Å². The molecule has 134 valence electrons. The van der Waals surface area contributed by atoms with E-state index in [1.165, 1.54) is 25.7 Å². The summed E-state index contributed by atoms with van der Waals surface area (Å²) in [5.74, 6) is 1.52. The van der Waals surface area contributed by atoms with Crippen LogP contribution in [0.5, 0.6) is 0 Å². The fourth-order valence-corrected chi connectivity index (χ4v) is 3.93. The minimum atomic E-state index is -0.417. The molecule has 0 radical (unpaired) electrons. The highest BCUT2D eigenvalue weighted by molar-refractivity contribution is 5.68. The van der Waals surface area contributed by atoms with Crippen LogP contribution in [0.25, 0.3) is 0 Å². The Morgan fingerprint density at radius 1 is 1.13 bits per heavy atom. The van der Waals surface area contributed by atoms with Gasteiger partial charge in [0, 0.05) is 25.2 Å². The van der Waals surface area contributed by atoms with E-state index in [-0.39, 0.29) is 12.1 Å². The van der Waals surface area contributed by atoms with E-state index in [1.54, 1.807) is 0 Å². The number of nitrogens with one attached hydrogen (secondary N) is 1. The number of carbonyl (C=O) groups is 1. The minimum absolute atomic E-state index is 0.144. The molecule has 1 aliphatic heterocycles. The van der Waals surface area contributed by atoms with Crippen molar-refractivity contribution in [3.8, 4) is 0 Å². The van der Waals surface area contributed by atoms with Crippen molar-refractivity contribution in [2.45, 2.75) is 90.8 Å². The van der Waals surface area contributed by atoms with Crippen molar-refractivity contribution >= 4 is 6.09 Å². The Morgan fingerprint density at radius 2 is 1.87 bits per heavy atom. The van der Waals surface area contributed by atoms with Crippen LogP contribution in [-0.2, 0) is 4.74 Å². The zero-order valence-electron chi connectivity index (χ0n) is 15.7. The number of ether oxygens (including phenoxy) is 1. The van der Waals surface area contributed by atoms with Gasteiger partial charge >= 0.3 is 6.09 Å². The van der Waals surface area contributed by atoms with Gasteiger partial charge in [-0.25, -0.2) is 4.79 Å². The summed E-state index contributed by atoms with van der Waals surface area (Å²) in [6.07, 6.45) is 7.19. The Kier molecular flexibility index (Phi) is 6.35. The number of piperidine rings is 1. The maximum absolute atomic E-state index is 12.5. The van der Waals surface area contributed by atoms with Gasteiger partial charge in [0.2, 0.25) is 0 Å². The van der Waals surface area contributed by atoms with Gasteiger partial charge in [-0.1, -0.05) is 26.7 Å². The maximum atomic E-state index is 12.5. The number of hydrogen-bond donors (Lipinski definition) is 1. The summed E-state index contributed by atoms with van der Waals surface area (Å²) in [7, 11) is 0. The summed E-state index contributed by atoms with van der Waals surface area (Å²) in [4.78, 5) is 14.4. The van der Waals surface area contributed by atoms with Crippen molar-refractivity contribution in [1.82, 2.24) is 10.2 Å². The summed E-state index contributed by atoms with van der Waals surface area (Å²) in [5.41, 5.74) is -0.417. The molecular weight excluding hydrogens is 288 g/mol. The monoisotopic (exact) mass is 324 g/mol. The van der Waals surface area contributed by atoms with Gasteiger partial charge in [-0.15, -0.1) is 0 Å². The molecule has 2 fully saturated rings. The lowest BCUT2D eigenvalue weighted by molar-refractivity contribution is 0.00910. The molecule has 0 aromatic heterocycles. The van der Waals surface area contributed by atoms with Gasteiger partial charge in [0.05, 0.1) is 0 Å². The van der Waals surface area contributed by atoms with E-state index < -0.39 is 5.60 Å². The number of likely N-dealkylation sites (tertiary alicyclic amines) is 1. The lowest BCUT2D eigenvalue weighted by atomic mass is 9.78. The van der Waals surface area contributed by atoms with Crippen LogP contribution in [-0.4, -0.2) is 41.8 Å². The number of rotatable bonds is 3. The van der Waals surface area contributed by atoms with Crippen LogP contribution in [0.1, 0.15) is 73.1 Å². The molecular formula is C19H36N2O2. The standard InChI is InChI=1S/C19H36N2O2/c1-14-9-8-11-17(15(14)2)20-13-16-10-6-7-12-21(16)18(22)23-19(3,4)5/h14-17,20H,6-13H2,1-5H3. The largest absolute Gasteiger partial charge is 0.444 e. The van der Waals surface area contributed by atoms with Crippen molar-refractivity contribution < 1.29 is 9.53 Å². The molecule has 1 N–H and O–H groups in total. The molecule has 0 aromatic rings. The first kappa shape index (κ1) is 18.6. The quantitative estimate of drug-likeness (QED) is 0.846. The normalized spacial score (nSPS) is 32.7. The molecule has 1 amide bonds. The molecule has 4 nitrogen and oxygen atoms in total. The minimum Gasteiger partial charge on any atom is -0.444 e. The fourth-order valence-electron chi connectivity index (χ4n) is 3.93. The molecule has 1 saturated heterocycles. The lowest BCUT2D eigenvalue weighted by Crippen LogP contribution is -2.52. The van der Waals surface area contributed by atoms with Crippen LogP contribution < -0.4 is 5.32 Å². The molecule has 2 aliphatic rings. The van der Waals surface area contributed by atoms with E-state index in [0.29, 0.717) is 6.04 Å². The van der Waals surface area contributed by atoms with Gasteiger partial charge in [-0.05, 0) is 58.3 Å². The maximum Gasteiger partial charge on any atom is 0.410 e. The van der Waals surface area contributed by atoms with Crippen LogP contribution in [0, 0.1) is 11.8 Å². The Morgan fingerprint density at radius 3 is 2.57 bits per heavy atom.